The highest BCUT2D eigenvalue weighted by Crippen LogP contribution is 2.10. The largest absolute Gasteiger partial charge is 0.744 e. The van der Waals surface area contributed by atoms with Crippen LogP contribution in [0, 0.1) is 13.8 Å². The van der Waals surface area contributed by atoms with Crippen LogP contribution in [-0.4, -0.2) is 41.0 Å². The molecule has 2 aromatic carbocycles. The molecule has 11 heteroatoms. The Balaban J connectivity index is 0.000000310. The number of hydrogen-bond acceptors (Lipinski definition) is 7. The van der Waals surface area contributed by atoms with Gasteiger partial charge in [-0.05, 0) is 38.1 Å². The Morgan fingerprint density at radius 1 is 0.853 bits per heavy atom. The van der Waals surface area contributed by atoms with Crippen LogP contribution in [-0.2, 0) is 31.4 Å². The van der Waals surface area contributed by atoms with E-state index in [2.05, 4.69) is 9.46 Å². The van der Waals surface area contributed by atoms with Crippen LogP contribution in [0.3, 0.4) is 0 Å². The zero-order valence-electron chi connectivity index (χ0n) is 19.0. The number of pyridine rings is 1. The van der Waals surface area contributed by atoms with Crippen molar-refractivity contribution in [3.63, 3.8) is 0 Å². The quantitative estimate of drug-likeness (QED) is 0.294. The first kappa shape index (κ1) is 27.1. The molecule has 34 heavy (non-hydrogen) atoms. The Kier molecular flexibility index (Phi) is 9.45. The van der Waals surface area contributed by atoms with Crippen LogP contribution in [0.2, 0.25) is 0 Å². The number of methoxy groups -OCH3 is 1. The van der Waals surface area contributed by atoms with Crippen molar-refractivity contribution in [3.8, 4) is 0 Å². The van der Waals surface area contributed by atoms with Crippen LogP contribution in [0.25, 0.3) is 0 Å². The highest BCUT2D eigenvalue weighted by Gasteiger charge is 2.14. The summed E-state index contributed by atoms with van der Waals surface area (Å²) < 4.78 is 64.4. The summed E-state index contributed by atoms with van der Waals surface area (Å²) in [4.78, 5) is 11.4. The molecule has 0 radical (unpaired) electrons. The molecule has 0 atom stereocenters. The van der Waals surface area contributed by atoms with Gasteiger partial charge in [0.2, 0.25) is 10.0 Å². The molecule has 3 rings (SSSR count). The van der Waals surface area contributed by atoms with Crippen molar-refractivity contribution in [3.05, 3.63) is 89.7 Å². The molecule has 0 saturated carbocycles. The first-order chi connectivity index (χ1) is 15.9. The molecule has 1 heterocycles. The van der Waals surface area contributed by atoms with E-state index in [1.54, 1.807) is 65.5 Å². The summed E-state index contributed by atoms with van der Waals surface area (Å²) in [5, 5.41) is 0. The van der Waals surface area contributed by atoms with E-state index in [0.717, 1.165) is 11.1 Å². The van der Waals surface area contributed by atoms with Gasteiger partial charge < -0.3 is 9.29 Å². The fourth-order valence-corrected chi connectivity index (χ4v) is 4.17. The maximum absolute atomic E-state index is 12.1. The topological polar surface area (TPSA) is 134 Å². The van der Waals surface area contributed by atoms with Gasteiger partial charge in [0.25, 0.3) is 0 Å². The Labute approximate surface area is 199 Å². The third-order valence-electron chi connectivity index (χ3n) is 4.62. The van der Waals surface area contributed by atoms with Gasteiger partial charge in [0.1, 0.15) is 10.1 Å². The number of carbonyl (C=O) groups excluding carboxylic acids is 1. The summed E-state index contributed by atoms with van der Waals surface area (Å²) in [6.45, 7) is 4.42. The van der Waals surface area contributed by atoms with Gasteiger partial charge in [-0.15, -0.1) is 0 Å². The zero-order valence-corrected chi connectivity index (χ0v) is 20.6. The van der Waals surface area contributed by atoms with Crippen LogP contribution in [0.4, 0.5) is 0 Å². The van der Waals surface area contributed by atoms with Gasteiger partial charge in [-0.1, -0.05) is 35.4 Å². The molecule has 9 nitrogen and oxygen atoms in total. The van der Waals surface area contributed by atoms with Crippen LogP contribution in [0.5, 0.6) is 0 Å². The van der Waals surface area contributed by atoms with Crippen molar-refractivity contribution in [2.24, 2.45) is 0 Å². The van der Waals surface area contributed by atoms with Crippen LogP contribution < -0.4 is 9.29 Å². The first-order valence-corrected chi connectivity index (χ1v) is 13.0. The minimum absolute atomic E-state index is 0.178. The summed E-state index contributed by atoms with van der Waals surface area (Å²) in [6, 6.07) is 15.7. The minimum Gasteiger partial charge on any atom is -0.744 e. The molecule has 0 amide bonds. The number of benzene rings is 2. The SMILES string of the molecule is COC(=O)c1cc[n+](CCNS(=O)(=O)c2ccc(C)cc2)cc1.Cc1ccc(S(=O)(=O)[O-])cc1. The monoisotopic (exact) mass is 506 g/mol. The summed E-state index contributed by atoms with van der Waals surface area (Å²) in [5.41, 5.74) is 2.38. The third kappa shape index (κ3) is 8.34. The summed E-state index contributed by atoms with van der Waals surface area (Å²) >= 11 is 0. The maximum Gasteiger partial charge on any atom is 0.338 e. The minimum atomic E-state index is -4.27. The van der Waals surface area contributed by atoms with Gasteiger partial charge in [-0.2, -0.15) is 0 Å². The molecule has 3 aromatic rings. The van der Waals surface area contributed by atoms with Crippen LogP contribution >= 0.6 is 0 Å². The third-order valence-corrected chi connectivity index (χ3v) is 6.94. The second-order valence-electron chi connectivity index (χ2n) is 7.29. The fourth-order valence-electron chi connectivity index (χ4n) is 2.68. The lowest BCUT2D eigenvalue weighted by Crippen LogP contribution is -2.40. The molecule has 1 N–H and O–H groups in total. The fraction of sp³-hybridized carbons (Fsp3) is 0.217. The number of aromatic nitrogens is 1. The van der Waals surface area contributed by atoms with Crippen molar-refractivity contribution < 1.29 is 35.5 Å². The van der Waals surface area contributed by atoms with Crippen molar-refractivity contribution in [2.45, 2.75) is 30.2 Å². The average molecular weight is 507 g/mol. The van der Waals surface area contributed by atoms with E-state index in [1.165, 1.54) is 19.2 Å². The number of rotatable bonds is 7. The molecular formula is C23H26N2O7S2. The molecule has 0 spiro atoms. The molecule has 0 aliphatic rings. The van der Waals surface area contributed by atoms with Gasteiger partial charge >= 0.3 is 5.97 Å². The molecular weight excluding hydrogens is 480 g/mol. The summed E-state index contributed by atoms with van der Waals surface area (Å²) in [6.07, 6.45) is 3.40. The Morgan fingerprint density at radius 3 is 1.76 bits per heavy atom. The Hall–Kier alpha value is -3.12. The van der Waals surface area contributed by atoms with Crippen molar-refractivity contribution in [1.82, 2.24) is 4.72 Å². The second kappa shape index (κ2) is 11.8. The van der Waals surface area contributed by atoms with Crippen molar-refractivity contribution in [2.75, 3.05) is 13.7 Å². The van der Waals surface area contributed by atoms with Crippen molar-refractivity contribution >= 4 is 26.1 Å². The molecule has 0 fully saturated rings. The highest BCUT2D eigenvalue weighted by molar-refractivity contribution is 7.89. The highest BCUT2D eigenvalue weighted by atomic mass is 32.2. The number of aryl methyl sites for hydroxylation is 2. The molecule has 0 aliphatic heterocycles. The number of carbonyl (C=O) groups is 1. The number of nitrogens with zero attached hydrogens (tertiary/aromatic N) is 1. The van der Waals surface area contributed by atoms with E-state index >= 15 is 0 Å². The summed E-state index contributed by atoms with van der Waals surface area (Å²) in [7, 11) is -6.46. The Morgan fingerprint density at radius 2 is 1.32 bits per heavy atom. The van der Waals surface area contributed by atoms with E-state index in [4.69, 9.17) is 0 Å². The number of ether oxygens (including phenoxy) is 1. The van der Waals surface area contributed by atoms with Gasteiger partial charge in [-0.25, -0.2) is 30.9 Å². The summed E-state index contributed by atoms with van der Waals surface area (Å²) in [5.74, 6) is -0.405. The lowest BCUT2D eigenvalue weighted by Gasteiger charge is -2.05. The van der Waals surface area contributed by atoms with Gasteiger partial charge in [-0.3, -0.25) is 0 Å². The Bertz CT molecular complexity index is 1300. The van der Waals surface area contributed by atoms with Crippen LogP contribution in [0.1, 0.15) is 21.5 Å². The molecule has 0 aliphatic carbocycles. The predicted octanol–water partition coefficient (Wildman–Crippen LogP) is 1.95. The first-order valence-electron chi connectivity index (χ1n) is 10.1. The number of hydrogen-bond donors (Lipinski definition) is 1. The molecule has 1 aromatic heterocycles. The van der Waals surface area contributed by atoms with Crippen molar-refractivity contribution in [1.29, 1.82) is 0 Å². The van der Waals surface area contributed by atoms with E-state index in [-0.39, 0.29) is 16.3 Å². The molecule has 0 saturated heterocycles. The normalized spacial score (nSPS) is 11.3. The zero-order chi connectivity index (χ0) is 25.4. The van der Waals surface area contributed by atoms with E-state index in [9.17, 15) is 26.2 Å². The van der Waals surface area contributed by atoms with Gasteiger partial charge in [0, 0.05) is 12.1 Å². The van der Waals surface area contributed by atoms with E-state index in [0.29, 0.717) is 12.1 Å². The number of esters is 1. The molecule has 0 bridgehead atoms. The molecule has 182 valence electrons. The lowest BCUT2D eigenvalue weighted by molar-refractivity contribution is -0.694. The van der Waals surface area contributed by atoms with E-state index < -0.39 is 26.1 Å². The standard InChI is InChI=1S/C16H19N2O4S.C7H8O3S/c1-13-3-5-15(6-4-13)23(20,21)17-9-12-18-10-7-14(8-11-18)16(19)22-2;1-6-2-4-7(5-3-6)11(8,9)10/h3-8,10-11,17H,9,12H2,1-2H3;2-5H,1H3,(H,8,9,10)/q+1;/p-1. The number of nitrogens with one attached hydrogen (secondary N) is 1. The van der Waals surface area contributed by atoms with Gasteiger partial charge in [0.15, 0.2) is 18.9 Å². The van der Waals surface area contributed by atoms with Gasteiger partial charge in [0.05, 0.1) is 29.0 Å². The smallest absolute Gasteiger partial charge is 0.338 e. The second-order valence-corrected chi connectivity index (χ2v) is 10.4. The predicted molar refractivity (Wildman–Crippen MR) is 123 cm³/mol. The lowest BCUT2D eigenvalue weighted by atomic mass is 10.2. The van der Waals surface area contributed by atoms with Crippen LogP contribution in [0.15, 0.2) is 82.8 Å². The maximum atomic E-state index is 12.1. The molecule has 0 unspecified atom stereocenters. The van der Waals surface area contributed by atoms with E-state index in [1.807, 2.05) is 13.8 Å². The average Bonchev–Trinajstić information content (AvgIpc) is 2.79. The number of sulfonamides is 1.